The Kier molecular flexibility index (Phi) is 5.07. The summed E-state index contributed by atoms with van der Waals surface area (Å²) < 4.78 is 12.9. The fourth-order valence-corrected chi connectivity index (χ4v) is 3.05. The van der Waals surface area contributed by atoms with E-state index in [9.17, 15) is 10.1 Å². The highest BCUT2D eigenvalue weighted by atomic mass is 16.6. The van der Waals surface area contributed by atoms with Crippen molar-refractivity contribution < 1.29 is 14.4 Å². The number of benzene rings is 2. The van der Waals surface area contributed by atoms with Crippen LogP contribution in [-0.4, -0.2) is 26.6 Å². The maximum Gasteiger partial charge on any atom is 0.299 e. The van der Waals surface area contributed by atoms with Crippen molar-refractivity contribution in [3.63, 3.8) is 0 Å². The number of hydrogen-bond acceptors (Lipinski definition) is 6. The fourth-order valence-electron chi connectivity index (χ4n) is 3.05. The van der Waals surface area contributed by atoms with Crippen molar-refractivity contribution in [2.24, 2.45) is 0 Å². The van der Waals surface area contributed by atoms with Crippen LogP contribution in [0.5, 0.6) is 11.6 Å². The molecule has 2 aromatic carbocycles. The predicted molar refractivity (Wildman–Crippen MR) is 107 cm³/mol. The number of nitro benzene ring substituents is 1. The van der Waals surface area contributed by atoms with Crippen LogP contribution in [0.2, 0.25) is 0 Å². The molecule has 8 nitrogen and oxygen atoms in total. The number of aromatic nitrogens is 3. The summed E-state index contributed by atoms with van der Waals surface area (Å²) in [6.07, 6.45) is 3.60. The smallest absolute Gasteiger partial charge is 0.299 e. The lowest BCUT2D eigenvalue weighted by Gasteiger charge is -2.10. The average Bonchev–Trinajstić information content (AvgIpc) is 3.18. The van der Waals surface area contributed by atoms with Gasteiger partial charge in [-0.1, -0.05) is 30.3 Å². The molecular formula is C21H18N4O4. The Bertz CT molecular complexity index is 1160. The number of nitro groups is 1. The van der Waals surface area contributed by atoms with E-state index in [1.165, 1.54) is 13.2 Å². The first-order chi connectivity index (χ1) is 14.1. The van der Waals surface area contributed by atoms with Crippen molar-refractivity contribution in [3.8, 4) is 11.6 Å². The molecular weight excluding hydrogens is 372 g/mol. The average molecular weight is 390 g/mol. The third kappa shape index (κ3) is 4.01. The Morgan fingerprint density at radius 1 is 1.14 bits per heavy atom. The van der Waals surface area contributed by atoms with Crippen LogP contribution in [0.25, 0.3) is 10.9 Å². The quantitative estimate of drug-likeness (QED) is 0.350. The molecule has 146 valence electrons. The normalized spacial score (nSPS) is 10.8. The van der Waals surface area contributed by atoms with Crippen LogP contribution in [0.1, 0.15) is 11.4 Å². The number of ether oxygens (including phenoxy) is 2. The zero-order valence-corrected chi connectivity index (χ0v) is 15.7. The first-order valence-electron chi connectivity index (χ1n) is 8.94. The van der Waals surface area contributed by atoms with Gasteiger partial charge in [-0.05, 0) is 17.7 Å². The Morgan fingerprint density at radius 3 is 2.72 bits per heavy atom. The van der Waals surface area contributed by atoms with Crippen LogP contribution < -0.4 is 9.47 Å². The molecule has 0 saturated carbocycles. The van der Waals surface area contributed by atoms with Crippen LogP contribution >= 0.6 is 0 Å². The summed E-state index contributed by atoms with van der Waals surface area (Å²) in [5.74, 6) is 1.43. The van der Waals surface area contributed by atoms with E-state index in [-0.39, 0.29) is 17.8 Å². The molecule has 2 aromatic heterocycles. The molecule has 4 rings (SSSR count). The molecule has 0 fully saturated rings. The molecule has 0 aliphatic rings. The molecule has 0 N–H and O–H groups in total. The Hall–Kier alpha value is -3.94. The number of fused-ring (bicyclic) bond motifs is 1. The number of methoxy groups -OCH3 is 1. The number of rotatable bonds is 7. The molecule has 0 aliphatic carbocycles. The zero-order valence-electron chi connectivity index (χ0n) is 15.7. The lowest BCUT2D eigenvalue weighted by atomic mass is 10.2. The fraction of sp³-hybridized carbons (Fsp3) is 0.143. The summed E-state index contributed by atoms with van der Waals surface area (Å²) >= 11 is 0. The number of pyridine rings is 1. The van der Waals surface area contributed by atoms with Crippen LogP contribution in [0, 0.1) is 10.1 Å². The topological polar surface area (TPSA) is 92.3 Å². The molecule has 0 saturated heterocycles. The van der Waals surface area contributed by atoms with E-state index in [1.807, 2.05) is 41.1 Å². The molecule has 8 heteroatoms. The third-order valence-corrected chi connectivity index (χ3v) is 4.50. The SMILES string of the molecule is COc1cc([N+](=O)[O-])c2nc(OCc3nccn3Cc3ccccc3)ccc2c1. The van der Waals surface area contributed by atoms with Crippen molar-refractivity contribution in [1.29, 1.82) is 0 Å². The van der Waals surface area contributed by atoms with Gasteiger partial charge in [-0.3, -0.25) is 10.1 Å². The van der Waals surface area contributed by atoms with Gasteiger partial charge in [0.2, 0.25) is 5.88 Å². The van der Waals surface area contributed by atoms with Gasteiger partial charge in [0.1, 0.15) is 18.2 Å². The third-order valence-electron chi connectivity index (χ3n) is 4.50. The van der Waals surface area contributed by atoms with Gasteiger partial charge in [0, 0.05) is 30.4 Å². The van der Waals surface area contributed by atoms with Crippen LogP contribution in [-0.2, 0) is 13.2 Å². The van der Waals surface area contributed by atoms with Gasteiger partial charge < -0.3 is 14.0 Å². The monoisotopic (exact) mass is 390 g/mol. The van der Waals surface area contributed by atoms with Crippen molar-refractivity contribution in [3.05, 3.63) is 88.5 Å². The minimum Gasteiger partial charge on any atom is -0.496 e. The summed E-state index contributed by atoms with van der Waals surface area (Å²) in [5, 5.41) is 12.0. The predicted octanol–water partition coefficient (Wildman–Crippen LogP) is 3.98. The second-order valence-corrected chi connectivity index (χ2v) is 6.37. The van der Waals surface area contributed by atoms with E-state index in [4.69, 9.17) is 9.47 Å². The summed E-state index contributed by atoms with van der Waals surface area (Å²) in [7, 11) is 1.47. The molecule has 2 heterocycles. The van der Waals surface area contributed by atoms with Gasteiger partial charge in [0.05, 0.1) is 18.1 Å². The summed E-state index contributed by atoms with van der Waals surface area (Å²) in [5.41, 5.74) is 1.27. The number of hydrogen-bond donors (Lipinski definition) is 0. The standard InChI is InChI=1S/C21H18N4O4/c1-28-17-11-16-7-8-20(23-21(16)18(12-17)25(26)27)29-14-19-22-9-10-24(19)13-15-5-3-2-4-6-15/h2-12H,13-14H2,1H3. The highest BCUT2D eigenvalue weighted by Gasteiger charge is 2.17. The van der Waals surface area contributed by atoms with Gasteiger partial charge in [-0.25, -0.2) is 9.97 Å². The maximum atomic E-state index is 11.4. The summed E-state index contributed by atoms with van der Waals surface area (Å²) in [4.78, 5) is 19.6. The Labute approximate surface area is 166 Å². The minimum absolute atomic E-state index is 0.129. The Morgan fingerprint density at radius 2 is 1.97 bits per heavy atom. The van der Waals surface area contributed by atoms with Gasteiger partial charge in [0.15, 0.2) is 5.52 Å². The van der Waals surface area contributed by atoms with Crippen molar-refractivity contribution in [1.82, 2.24) is 14.5 Å². The van der Waals surface area contributed by atoms with Crippen molar-refractivity contribution in [2.45, 2.75) is 13.2 Å². The number of non-ortho nitro benzene ring substituents is 1. The largest absolute Gasteiger partial charge is 0.496 e. The highest BCUT2D eigenvalue weighted by Crippen LogP contribution is 2.31. The lowest BCUT2D eigenvalue weighted by Crippen LogP contribution is -2.08. The molecule has 29 heavy (non-hydrogen) atoms. The summed E-state index contributed by atoms with van der Waals surface area (Å²) in [6, 6.07) is 16.5. The van der Waals surface area contributed by atoms with E-state index in [0.717, 1.165) is 11.4 Å². The molecule has 0 aliphatic heterocycles. The van der Waals surface area contributed by atoms with Crippen LogP contribution in [0.4, 0.5) is 5.69 Å². The molecule has 0 radical (unpaired) electrons. The molecule has 0 atom stereocenters. The van der Waals surface area contributed by atoms with Gasteiger partial charge >= 0.3 is 0 Å². The number of imidazole rings is 1. The van der Waals surface area contributed by atoms with Gasteiger partial charge in [0.25, 0.3) is 5.69 Å². The summed E-state index contributed by atoms with van der Waals surface area (Å²) in [6.45, 7) is 0.873. The van der Waals surface area contributed by atoms with E-state index < -0.39 is 4.92 Å². The van der Waals surface area contributed by atoms with E-state index in [1.54, 1.807) is 24.4 Å². The van der Waals surface area contributed by atoms with E-state index in [0.29, 0.717) is 23.6 Å². The molecule has 0 unspecified atom stereocenters. The Balaban J connectivity index is 1.56. The van der Waals surface area contributed by atoms with Crippen LogP contribution in [0.15, 0.2) is 67.0 Å². The van der Waals surface area contributed by atoms with E-state index in [2.05, 4.69) is 9.97 Å². The van der Waals surface area contributed by atoms with Gasteiger partial charge in [-0.15, -0.1) is 0 Å². The first-order valence-corrected chi connectivity index (χ1v) is 8.94. The molecule has 0 amide bonds. The molecule has 0 spiro atoms. The first kappa shape index (κ1) is 18.4. The van der Waals surface area contributed by atoms with Gasteiger partial charge in [-0.2, -0.15) is 0 Å². The number of nitrogens with zero attached hydrogens (tertiary/aromatic N) is 4. The van der Waals surface area contributed by atoms with Crippen molar-refractivity contribution in [2.75, 3.05) is 7.11 Å². The van der Waals surface area contributed by atoms with Crippen molar-refractivity contribution >= 4 is 16.6 Å². The minimum atomic E-state index is -0.478. The van der Waals surface area contributed by atoms with Crippen LogP contribution in [0.3, 0.4) is 0 Å². The van der Waals surface area contributed by atoms with E-state index >= 15 is 0 Å². The lowest BCUT2D eigenvalue weighted by molar-refractivity contribution is -0.383. The zero-order chi connectivity index (χ0) is 20.2. The molecule has 0 bridgehead atoms. The second-order valence-electron chi connectivity index (χ2n) is 6.37. The maximum absolute atomic E-state index is 11.4. The molecule has 4 aromatic rings. The highest BCUT2D eigenvalue weighted by molar-refractivity contribution is 5.89. The second kappa shape index (κ2) is 7.97.